The van der Waals surface area contributed by atoms with Crippen LogP contribution < -0.4 is 0 Å². The van der Waals surface area contributed by atoms with E-state index in [1.165, 1.54) is 77.2 Å². The quantitative estimate of drug-likeness (QED) is 0.138. The fourth-order valence-electron chi connectivity index (χ4n) is 8.97. The molecular weight excluding hydrogens is 748 g/mol. The van der Waals surface area contributed by atoms with Gasteiger partial charge in [-0.05, 0) is 0 Å². The average molecular weight is 790 g/mol. The second kappa shape index (κ2) is 14.4. The number of rotatable bonds is 10. The molecule has 0 saturated heterocycles. The van der Waals surface area contributed by atoms with Gasteiger partial charge >= 0.3 is 337 Å². The maximum atomic E-state index is 6.70. The van der Waals surface area contributed by atoms with Crippen LogP contribution in [0.3, 0.4) is 0 Å². The first kappa shape index (κ1) is 34.3. The molecule has 8 aromatic rings. The van der Waals surface area contributed by atoms with Crippen LogP contribution in [0.2, 0.25) is 0 Å². The van der Waals surface area contributed by atoms with Crippen LogP contribution in [0.1, 0.15) is 79.2 Å². The number of aryl methyl sites for hydroxylation is 2. The molecule has 2 nitrogen and oxygen atoms in total. The third kappa shape index (κ3) is 6.05. The van der Waals surface area contributed by atoms with E-state index in [0.29, 0.717) is 7.25 Å². The summed E-state index contributed by atoms with van der Waals surface area (Å²) in [5.74, 6) is 4.17. The molecule has 55 heavy (non-hydrogen) atoms. The Morgan fingerprint density at radius 3 is 1.33 bits per heavy atom. The van der Waals surface area contributed by atoms with Crippen LogP contribution in [-0.2, 0) is 36.1 Å². The molecule has 0 fully saturated rings. The summed E-state index contributed by atoms with van der Waals surface area (Å²) in [6, 6.07) is 53.8. The third-order valence-electron chi connectivity index (χ3n) is 11.5. The van der Waals surface area contributed by atoms with Gasteiger partial charge in [-0.2, -0.15) is 0 Å². The maximum absolute atomic E-state index is 6.70. The van der Waals surface area contributed by atoms with Crippen LogP contribution in [0.5, 0.6) is 0 Å². The second-order valence-corrected chi connectivity index (χ2v) is 18.6. The van der Waals surface area contributed by atoms with Crippen LogP contribution in [0, 0.1) is 0 Å². The number of hydrogen-bond donors (Lipinski definition) is 0. The van der Waals surface area contributed by atoms with Gasteiger partial charge in [0.05, 0.1) is 0 Å². The Labute approximate surface area is 334 Å². The van der Waals surface area contributed by atoms with Crippen molar-refractivity contribution in [2.75, 3.05) is 0 Å². The van der Waals surface area contributed by atoms with Crippen LogP contribution >= 0.6 is 0 Å². The molecule has 2 aliphatic rings. The van der Waals surface area contributed by atoms with Gasteiger partial charge in [0.1, 0.15) is 0 Å². The zero-order valence-electron chi connectivity index (χ0n) is 31.3. The number of fused-ring (bicyclic) bond motifs is 4. The van der Waals surface area contributed by atoms with Crippen LogP contribution in [0.15, 0.2) is 154 Å². The van der Waals surface area contributed by atoms with E-state index >= 15 is 0 Å². The van der Waals surface area contributed by atoms with Crippen molar-refractivity contribution in [3.63, 3.8) is 0 Å². The standard InChI is InChI=1S/2C26H21O.Zr/c2*1-2-7-21-14-15-26(27-21)20-16-19-10-6-13-24(25(19)17-20)23-12-5-9-18-8-3-4-11-22(18)23;/h2*3-6,8-17H,2,7H2,1H3;. The molecule has 10 rings (SSSR count). The Morgan fingerprint density at radius 1 is 0.436 bits per heavy atom. The molecule has 3 heteroatoms. The summed E-state index contributed by atoms with van der Waals surface area (Å²) in [6.45, 7) is 4.44. The Morgan fingerprint density at radius 2 is 0.855 bits per heavy atom. The predicted octanol–water partition coefficient (Wildman–Crippen LogP) is 14.4. The molecule has 0 spiro atoms. The van der Waals surface area contributed by atoms with Crippen molar-refractivity contribution in [1.29, 1.82) is 0 Å². The Bertz CT molecular complexity index is 2590. The van der Waals surface area contributed by atoms with Crippen molar-refractivity contribution in [3.05, 3.63) is 191 Å². The van der Waals surface area contributed by atoms with Crippen molar-refractivity contribution in [2.24, 2.45) is 0 Å². The molecule has 0 saturated carbocycles. The first-order chi connectivity index (χ1) is 27.2. The molecule has 2 unspecified atom stereocenters. The van der Waals surface area contributed by atoms with Gasteiger partial charge in [-0.3, -0.25) is 0 Å². The average Bonchev–Trinajstić information content (AvgIpc) is 4.04. The van der Waals surface area contributed by atoms with Gasteiger partial charge < -0.3 is 0 Å². The van der Waals surface area contributed by atoms with E-state index in [2.05, 4.69) is 172 Å². The monoisotopic (exact) mass is 788 g/mol. The van der Waals surface area contributed by atoms with Gasteiger partial charge in [0.25, 0.3) is 0 Å². The van der Waals surface area contributed by atoms with E-state index in [0.717, 1.165) is 48.7 Å². The molecule has 0 N–H and O–H groups in total. The Hall–Kier alpha value is -5.24. The Balaban J connectivity index is 1.14. The van der Waals surface area contributed by atoms with Crippen LogP contribution in [-0.4, -0.2) is 0 Å². The van der Waals surface area contributed by atoms with E-state index in [9.17, 15) is 0 Å². The summed E-state index contributed by atoms with van der Waals surface area (Å²) in [5, 5.41) is 5.11. The van der Waals surface area contributed by atoms with Gasteiger partial charge in [0.2, 0.25) is 0 Å². The van der Waals surface area contributed by atoms with Crippen LogP contribution in [0.4, 0.5) is 0 Å². The molecule has 2 aliphatic carbocycles. The zero-order chi connectivity index (χ0) is 36.9. The van der Waals surface area contributed by atoms with E-state index in [1.54, 1.807) is 0 Å². The summed E-state index contributed by atoms with van der Waals surface area (Å²) in [7, 11) is 0. The van der Waals surface area contributed by atoms with Crippen molar-refractivity contribution in [2.45, 2.75) is 46.8 Å². The normalized spacial score (nSPS) is 16.0. The first-order valence-corrected chi connectivity index (χ1v) is 22.6. The SMILES string of the molecule is CCCc1ccc(C2=Cc3c(-c4cccc5ccccc45)cccc3[CH]2[Zr][CH]2C(c3ccc(CCC)o3)=Cc3c(-c4cccc5ccccc45)cccc32)o1. The van der Waals surface area contributed by atoms with Gasteiger partial charge in [0.15, 0.2) is 0 Å². The summed E-state index contributed by atoms with van der Waals surface area (Å²) in [6.07, 6.45) is 8.98. The topological polar surface area (TPSA) is 26.3 Å². The number of furan rings is 2. The van der Waals surface area contributed by atoms with Crippen molar-refractivity contribution >= 4 is 44.8 Å². The van der Waals surface area contributed by atoms with Crippen molar-refractivity contribution in [1.82, 2.24) is 0 Å². The molecular formula is C52H42O2Zr. The third-order valence-corrected chi connectivity index (χ3v) is 16.2. The van der Waals surface area contributed by atoms with Gasteiger partial charge in [-0.1, -0.05) is 0 Å². The fourth-order valence-corrected chi connectivity index (χ4v) is 13.9. The van der Waals surface area contributed by atoms with Crippen molar-refractivity contribution < 1.29 is 32.1 Å². The second-order valence-electron chi connectivity index (χ2n) is 14.9. The minimum atomic E-state index is -1.39. The van der Waals surface area contributed by atoms with Gasteiger partial charge in [-0.15, -0.1) is 0 Å². The summed E-state index contributed by atoms with van der Waals surface area (Å²) in [4.78, 5) is 0. The summed E-state index contributed by atoms with van der Waals surface area (Å²) in [5.41, 5.74) is 13.4. The minimum absolute atomic E-state index is 0.291. The first-order valence-electron chi connectivity index (χ1n) is 19.8. The molecule has 0 radical (unpaired) electrons. The number of benzene rings is 6. The number of hydrogen-bond acceptors (Lipinski definition) is 2. The fraction of sp³-hybridized carbons (Fsp3) is 0.154. The molecule has 0 bridgehead atoms. The molecule has 2 aromatic heterocycles. The van der Waals surface area contributed by atoms with E-state index in [-0.39, 0.29) is 0 Å². The van der Waals surface area contributed by atoms with Gasteiger partial charge in [-0.25, -0.2) is 0 Å². The van der Waals surface area contributed by atoms with Crippen LogP contribution in [0.25, 0.3) is 67.1 Å². The van der Waals surface area contributed by atoms with E-state index in [1.807, 2.05) is 0 Å². The summed E-state index contributed by atoms with van der Waals surface area (Å²) < 4.78 is 14.0. The molecule has 0 aliphatic heterocycles. The molecule has 2 heterocycles. The molecule has 266 valence electrons. The predicted molar refractivity (Wildman–Crippen MR) is 225 cm³/mol. The number of allylic oxidation sites excluding steroid dienone is 2. The van der Waals surface area contributed by atoms with Crippen molar-refractivity contribution in [3.8, 4) is 22.3 Å². The molecule has 0 amide bonds. The Kier molecular flexibility index (Phi) is 9.00. The van der Waals surface area contributed by atoms with Gasteiger partial charge in [0, 0.05) is 0 Å². The van der Waals surface area contributed by atoms with E-state index in [4.69, 9.17) is 8.83 Å². The molecule has 6 aromatic carbocycles. The zero-order valence-corrected chi connectivity index (χ0v) is 33.8. The van der Waals surface area contributed by atoms with E-state index < -0.39 is 23.2 Å². The summed E-state index contributed by atoms with van der Waals surface area (Å²) >= 11 is -1.39. The molecule has 2 atom stereocenters.